The molecule has 28 heavy (non-hydrogen) atoms. The third kappa shape index (κ3) is 5.45. The Balaban J connectivity index is 1.62. The van der Waals surface area contributed by atoms with Crippen molar-refractivity contribution in [2.45, 2.75) is 12.5 Å². The summed E-state index contributed by atoms with van der Waals surface area (Å²) < 4.78 is 5.12. The molecule has 0 heterocycles. The number of nitrogen functional groups attached to an aromatic ring is 1. The first-order chi connectivity index (χ1) is 13.6. The van der Waals surface area contributed by atoms with Crippen LogP contribution in [0.3, 0.4) is 0 Å². The lowest BCUT2D eigenvalue weighted by Gasteiger charge is -2.19. The van der Waals surface area contributed by atoms with Crippen molar-refractivity contribution in [3.05, 3.63) is 102 Å². The van der Waals surface area contributed by atoms with Crippen LogP contribution in [0.5, 0.6) is 0 Å². The number of nitrogens with two attached hydrogens (primary N) is 1. The first-order valence-corrected chi connectivity index (χ1v) is 9.03. The number of hydrogen-bond acceptors (Lipinski definition) is 4. The van der Waals surface area contributed by atoms with Gasteiger partial charge in [0.1, 0.15) is 0 Å². The summed E-state index contributed by atoms with van der Waals surface area (Å²) in [6, 6.07) is 25.8. The Morgan fingerprint density at radius 3 is 2.11 bits per heavy atom. The van der Waals surface area contributed by atoms with Crippen molar-refractivity contribution in [3.8, 4) is 0 Å². The first-order valence-electron chi connectivity index (χ1n) is 9.03. The minimum atomic E-state index is -0.561. The molecule has 0 saturated carbocycles. The average molecular weight is 374 g/mol. The fraction of sp³-hybridized carbons (Fsp3) is 0.130. The first kappa shape index (κ1) is 19.2. The number of amides is 1. The van der Waals surface area contributed by atoms with E-state index in [0.717, 1.165) is 11.1 Å². The number of benzene rings is 3. The van der Waals surface area contributed by atoms with Crippen molar-refractivity contribution in [2.24, 2.45) is 0 Å². The second-order valence-electron chi connectivity index (χ2n) is 6.42. The van der Waals surface area contributed by atoms with Crippen LogP contribution in [-0.4, -0.2) is 18.5 Å². The van der Waals surface area contributed by atoms with Crippen molar-refractivity contribution < 1.29 is 14.3 Å². The number of carbonyl (C=O) groups is 2. The van der Waals surface area contributed by atoms with Crippen molar-refractivity contribution in [3.63, 3.8) is 0 Å². The maximum Gasteiger partial charge on any atom is 0.338 e. The molecule has 142 valence electrons. The van der Waals surface area contributed by atoms with E-state index in [4.69, 9.17) is 10.5 Å². The summed E-state index contributed by atoms with van der Waals surface area (Å²) in [6.45, 7) is -0.346. The Morgan fingerprint density at radius 1 is 0.857 bits per heavy atom. The molecule has 1 atom stereocenters. The van der Waals surface area contributed by atoms with Gasteiger partial charge in [0.25, 0.3) is 5.91 Å². The zero-order valence-corrected chi connectivity index (χ0v) is 15.4. The molecule has 0 aliphatic carbocycles. The highest BCUT2D eigenvalue weighted by atomic mass is 16.5. The van der Waals surface area contributed by atoms with Gasteiger partial charge in [0.15, 0.2) is 6.61 Å². The van der Waals surface area contributed by atoms with E-state index in [0.29, 0.717) is 17.7 Å². The van der Waals surface area contributed by atoms with E-state index in [9.17, 15) is 9.59 Å². The molecule has 0 radical (unpaired) electrons. The summed E-state index contributed by atoms with van der Waals surface area (Å²) in [6.07, 6.45) is 0.641. The lowest BCUT2D eigenvalue weighted by atomic mass is 9.99. The van der Waals surface area contributed by atoms with Crippen molar-refractivity contribution >= 4 is 17.6 Å². The Bertz CT molecular complexity index is 910. The predicted octanol–water partition coefficient (Wildman–Crippen LogP) is 3.53. The van der Waals surface area contributed by atoms with Gasteiger partial charge in [-0.05, 0) is 41.8 Å². The second-order valence-corrected chi connectivity index (χ2v) is 6.42. The molecular weight excluding hydrogens is 352 g/mol. The predicted molar refractivity (Wildman–Crippen MR) is 109 cm³/mol. The minimum absolute atomic E-state index is 0.216. The molecule has 3 N–H and O–H groups in total. The molecule has 0 spiro atoms. The topological polar surface area (TPSA) is 81.4 Å². The second kappa shape index (κ2) is 9.37. The quantitative estimate of drug-likeness (QED) is 0.490. The smallest absolute Gasteiger partial charge is 0.338 e. The van der Waals surface area contributed by atoms with E-state index < -0.39 is 5.97 Å². The van der Waals surface area contributed by atoms with Crippen LogP contribution in [0.15, 0.2) is 84.9 Å². The van der Waals surface area contributed by atoms with Gasteiger partial charge in [0, 0.05) is 5.69 Å². The number of rotatable bonds is 7. The van der Waals surface area contributed by atoms with Crippen LogP contribution in [0, 0.1) is 0 Å². The van der Waals surface area contributed by atoms with Crippen LogP contribution in [0.25, 0.3) is 0 Å². The highest BCUT2D eigenvalue weighted by molar-refractivity contribution is 5.91. The normalized spacial score (nSPS) is 11.4. The number of esters is 1. The number of ether oxygens (including phenoxy) is 1. The summed E-state index contributed by atoms with van der Waals surface area (Å²) in [5.41, 5.74) is 8.61. The fourth-order valence-corrected chi connectivity index (χ4v) is 2.86. The summed E-state index contributed by atoms with van der Waals surface area (Å²) in [5.74, 6) is -0.914. The Kier molecular flexibility index (Phi) is 6.41. The Labute approximate surface area is 164 Å². The van der Waals surface area contributed by atoms with Crippen LogP contribution in [0.1, 0.15) is 27.5 Å². The molecule has 3 aromatic rings. The molecule has 5 heteroatoms. The zero-order valence-electron chi connectivity index (χ0n) is 15.4. The summed E-state index contributed by atoms with van der Waals surface area (Å²) in [7, 11) is 0. The lowest BCUT2D eigenvalue weighted by Crippen LogP contribution is -2.33. The zero-order chi connectivity index (χ0) is 19.8. The molecule has 0 aliphatic heterocycles. The van der Waals surface area contributed by atoms with Crippen molar-refractivity contribution in [1.29, 1.82) is 0 Å². The summed E-state index contributed by atoms with van der Waals surface area (Å²) >= 11 is 0. The van der Waals surface area contributed by atoms with Gasteiger partial charge in [-0.15, -0.1) is 0 Å². The van der Waals surface area contributed by atoms with Gasteiger partial charge in [-0.25, -0.2) is 4.79 Å². The largest absolute Gasteiger partial charge is 0.452 e. The Hall–Kier alpha value is -3.60. The van der Waals surface area contributed by atoms with Gasteiger partial charge in [0.2, 0.25) is 0 Å². The van der Waals surface area contributed by atoms with Crippen LogP contribution < -0.4 is 11.1 Å². The molecule has 0 aliphatic rings. The minimum Gasteiger partial charge on any atom is -0.452 e. The maximum atomic E-state index is 12.4. The van der Waals surface area contributed by atoms with E-state index in [-0.39, 0.29) is 18.6 Å². The highest BCUT2D eigenvalue weighted by Gasteiger charge is 2.17. The highest BCUT2D eigenvalue weighted by Crippen LogP contribution is 2.18. The monoisotopic (exact) mass is 374 g/mol. The van der Waals surface area contributed by atoms with E-state index in [1.165, 1.54) is 0 Å². The van der Waals surface area contributed by atoms with E-state index >= 15 is 0 Å². The molecular formula is C23H22N2O3. The Morgan fingerprint density at radius 2 is 1.46 bits per heavy atom. The molecule has 3 aromatic carbocycles. The van der Waals surface area contributed by atoms with Crippen molar-refractivity contribution in [2.75, 3.05) is 12.3 Å². The van der Waals surface area contributed by atoms with Crippen LogP contribution in [0.4, 0.5) is 5.69 Å². The number of carbonyl (C=O) groups excluding carboxylic acids is 2. The van der Waals surface area contributed by atoms with Gasteiger partial charge >= 0.3 is 5.97 Å². The number of nitrogens with one attached hydrogen (secondary N) is 1. The van der Waals surface area contributed by atoms with E-state index in [1.54, 1.807) is 24.3 Å². The summed E-state index contributed by atoms with van der Waals surface area (Å²) in [5, 5.41) is 2.96. The van der Waals surface area contributed by atoms with Gasteiger partial charge in [0.05, 0.1) is 11.6 Å². The molecule has 5 nitrogen and oxygen atoms in total. The van der Waals surface area contributed by atoms with E-state index in [2.05, 4.69) is 5.32 Å². The van der Waals surface area contributed by atoms with Gasteiger partial charge in [-0.2, -0.15) is 0 Å². The molecule has 0 fully saturated rings. The standard InChI is InChI=1S/C23H22N2O3/c24-20-13-11-19(12-14-20)23(27)28-16-22(26)25-21(18-9-5-2-6-10-18)15-17-7-3-1-4-8-17/h1-14,21H,15-16,24H2,(H,25,26)/t21-/m1/s1. The number of hydrogen-bond donors (Lipinski definition) is 2. The molecule has 0 bridgehead atoms. The van der Waals surface area contributed by atoms with Crippen LogP contribution in [-0.2, 0) is 16.0 Å². The van der Waals surface area contributed by atoms with Crippen LogP contribution >= 0.6 is 0 Å². The van der Waals surface area contributed by atoms with Crippen molar-refractivity contribution in [1.82, 2.24) is 5.32 Å². The lowest BCUT2D eigenvalue weighted by molar-refractivity contribution is -0.125. The third-order valence-electron chi connectivity index (χ3n) is 4.30. The van der Waals surface area contributed by atoms with Gasteiger partial charge < -0.3 is 15.8 Å². The van der Waals surface area contributed by atoms with Gasteiger partial charge in [-0.3, -0.25) is 4.79 Å². The molecule has 3 rings (SSSR count). The fourth-order valence-electron chi connectivity index (χ4n) is 2.86. The molecule has 0 unspecified atom stereocenters. The SMILES string of the molecule is Nc1ccc(C(=O)OCC(=O)N[C@H](Cc2ccccc2)c2ccccc2)cc1. The molecule has 1 amide bonds. The number of anilines is 1. The summed E-state index contributed by atoms with van der Waals surface area (Å²) in [4.78, 5) is 24.5. The van der Waals surface area contributed by atoms with Gasteiger partial charge in [-0.1, -0.05) is 60.7 Å². The average Bonchev–Trinajstić information content (AvgIpc) is 2.73. The maximum absolute atomic E-state index is 12.4. The molecule has 0 saturated heterocycles. The third-order valence-corrected chi connectivity index (χ3v) is 4.30. The molecule has 0 aromatic heterocycles. The van der Waals surface area contributed by atoms with E-state index in [1.807, 2.05) is 60.7 Å². The van der Waals surface area contributed by atoms with Crippen LogP contribution in [0.2, 0.25) is 0 Å².